The third-order valence-electron chi connectivity index (χ3n) is 4.82. The van der Waals surface area contributed by atoms with E-state index in [9.17, 15) is 4.79 Å². The van der Waals surface area contributed by atoms with Crippen LogP contribution in [0.2, 0.25) is 0 Å². The molecule has 130 valence electrons. The van der Waals surface area contributed by atoms with E-state index in [2.05, 4.69) is 9.97 Å². The van der Waals surface area contributed by atoms with Crippen LogP contribution in [0.5, 0.6) is 5.88 Å². The van der Waals surface area contributed by atoms with Crippen molar-refractivity contribution in [2.24, 2.45) is 0 Å². The van der Waals surface area contributed by atoms with E-state index in [0.29, 0.717) is 24.6 Å². The number of pyridine rings is 2. The molecule has 0 unspecified atom stereocenters. The summed E-state index contributed by atoms with van der Waals surface area (Å²) in [4.78, 5) is 23.2. The van der Waals surface area contributed by atoms with Crippen molar-refractivity contribution in [3.63, 3.8) is 0 Å². The first kappa shape index (κ1) is 16.0. The standard InChI is InChI=1S/C19H21N3O3/c1-13-10-14(12-20-11-13)19(23)22-8-5-16(18-15(22)6-9-24-18)25-17-4-2-3-7-21-17/h2-4,7,10-12,15-16,18H,5-6,8-9H2,1H3/t15-,16+,18-/m0/s1. The Bertz CT molecular complexity index is 753. The van der Waals surface area contributed by atoms with Gasteiger partial charge in [-0.2, -0.15) is 0 Å². The van der Waals surface area contributed by atoms with Crippen LogP contribution >= 0.6 is 0 Å². The molecule has 0 N–H and O–H groups in total. The molecule has 2 aliphatic heterocycles. The summed E-state index contributed by atoms with van der Waals surface area (Å²) in [6.45, 7) is 3.24. The lowest BCUT2D eigenvalue weighted by atomic mass is 9.94. The van der Waals surface area contributed by atoms with Crippen molar-refractivity contribution in [2.45, 2.75) is 38.0 Å². The summed E-state index contributed by atoms with van der Waals surface area (Å²) in [5.74, 6) is 0.623. The molecule has 2 saturated heterocycles. The van der Waals surface area contributed by atoms with E-state index >= 15 is 0 Å². The highest BCUT2D eigenvalue weighted by Gasteiger charge is 2.45. The first-order valence-corrected chi connectivity index (χ1v) is 8.64. The van der Waals surface area contributed by atoms with E-state index in [4.69, 9.17) is 9.47 Å². The van der Waals surface area contributed by atoms with Gasteiger partial charge in [0.2, 0.25) is 5.88 Å². The summed E-state index contributed by atoms with van der Waals surface area (Å²) in [6, 6.07) is 7.53. The highest BCUT2D eigenvalue weighted by atomic mass is 16.5. The molecule has 0 aromatic carbocycles. The van der Waals surface area contributed by atoms with Crippen LogP contribution in [-0.4, -0.2) is 52.2 Å². The van der Waals surface area contributed by atoms with Crippen molar-refractivity contribution in [1.29, 1.82) is 0 Å². The van der Waals surface area contributed by atoms with Crippen LogP contribution in [-0.2, 0) is 4.74 Å². The highest BCUT2D eigenvalue weighted by molar-refractivity contribution is 5.94. The van der Waals surface area contributed by atoms with Crippen LogP contribution in [0.4, 0.5) is 0 Å². The van der Waals surface area contributed by atoms with Crippen LogP contribution in [0.3, 0.4) is 0 Å². The molecule has 0 radical (unpaired) electrons. The topological polar surface area (TPSA) is 64.6 Å². The average Bonchev–Trinajstić information content (AvgIpc) is 3.12. The van der Waals surface area contributed by atoms with Gasteiger partial charge in [0.15, 0.2) is 0 Å². The smallest absolute Gasteiger partial charge is 0.255 e. The first-order valence-electron chi connectivity index (χ1n) is 8.64. The van der Waals surface area contributed by atoms with Crippen molar-refractivity contribution in [1.82, 2.24) is 14.9 Å². The van der Waals surface area contributed by atoms with Gasteiger partial charge in [-0.1, -0.05) is 6.07 Å². The van der Waals surface area contributed by atoms with Gasteiger partial charge < -0.3 is 14.4 Å². The van der Waals surface area contributed by atoms with Crippen molar-refractivity contribution >= 4 is 5.91 Å². The third-order valence-corrected chi connectivity index (χ3v) is 4.82. The van der Waals surface area contributed by atoms with Gasteiger partial charge in [-0.05, 0) is 31.0 Å². The molecule has 0 spiro atoms. The average molecular weight is 339 g/mol. The van der Waals surface area contributed by atoms with E-state index < -0.39 is 0 Å². The van der Waals surface area contributed by atoms with Gasteiger partial charge in [0, 0.05) is 44.2 Å². The molecule has 1 amide bonds. The minimum atomic E-state index is -0.113. The van der Waals surface area contributed by atoms with Crippen LogP contribution in [0.1, 0.15) is 28.8 Å². The Hall–Kier alpha value is -2.47. The van der Waals surface area contributed by atoms with Crippen molar-refractivity contribution < 1.29 is 14.3 Å². The van der Waals surface area contributed by atoms with E-state index in [1.807, 2.05) is 36.1 Å². The largest absolute Gasteiger partial charge is 0.471 e. The Kier molecular flexibility index (Phi) is 4.36. The van der Waals surface area contributed by atoms with Gasteiger partial charge >= 0.3 is 0 Å². The second kappa shape index (κ2) is 6.80. The number of rotatable bonds is 3. The molecule has 25 heavy (non-hydrogen) atoms. The highest BCUT2D eigenvalue weighted by Crippen LogP contribution is 2.31. The number of aryl methyl sites for hydroxylation is 1. The number of hydrogen-bond acceptors (Lipinski definition) is 5. The van der Waals surface area contributed by atoms with Gasteiger partial charge in [-0.25, -0.2) is 4.98 Å². The molecule has 4 heterocycles. The SMILES string of the molecule is Cc1cncc(C(=O)N2CC[C@@H](Oc3ccccn3)[C@H]3OCC[C@@H]32)c1. The van der Waals surface area contributed by atoms with Crippen LogP contribution in [0.25, 0.3) is 0 Å². The first-order chi connectivity index (χ1) is 12.2. The zero-order valence-corrected chi connectivity index (χ0v) is 14.2. The number of nitrogens with zero attached hydrogens (tertiary/aromatic N) is 3. The minimum absolute atomic E-state index is 0.0213. The lowest BCUT2D eigenvalue weighted by molar-refractivity contribution is -0.0476. The molecule has 2 aromatic rings. The van der Waals surface area contributed by atoms with E-state index in [1.165, 1.54) is 0 Å². The summed E-state index contributed by atoms with van der Waals surface area (Å²) in [5.41, 5.74) is 1.62. The fourth-order valence-corrected chi connectivity index (χ4v) is 3.67. The lowest BCUT2D eigenvalue weighted by Gasteiger charge is -2.40. The molecular weight excluding hydrogens is 318 g/mol. The number of carbonyl (C=O) groups is 1. The van der Waals surface area contributed by atoms with Crippen molar-refractivity contribution in [2.75, 3.05) is 13.2 Å². The predicted octanol–water partition coefficient (Wildman–Crippen LogP) is 2.24. The molecule has 6 heteroatoms. The summed E-state index contributed by atoms with van der Waals surface area (Å²) in [5, 5.41) is 0. The zero-order valence-electron chi connectivity index (χ0n) is 14.2. The van der Waals surface area contributed by atoms with Crippen LogP contribution < -0.4 is 4.74 Å². The molecule has 6 nitrogen and oxygen atoms in total. The Morgan fingerprint density at radius 1 is 1.32 bits per heavy atom. The Morgan fingerprint density at radius 3 is 3.04 bits per heavy atom. The van der Waals surface area contributed by atoms with Gasteiger partial charge in [0.05, 0.1) is 11.6 Å². The fourth-order valence-electron chi connectivity index (χ4n) is 3.67. The maximum Gasteiger partial charge on any atom is 0.255 e. The Balaban J connectivity index is 1.51. The molecule has 0 bridgehead atoms. The minimum Gasteiger partial charge on any atom is -0.471 e. The summed E-state index contributed by atoms with van der Waals surface area (Å²) in [6.07, 6.45) is 6.47. The predicted molar refractivity (Wildman–Crippen MR) is 91.4 cm³/mol. The van der Waals surface area contributed by atoms with Crippen molar-refractivity contribution in [3.8, 4) is 5.88 Å². The number of carbonyl (C=O) groups excluding carboxylic acids is 1. The zero-order chi connectivity index (χ0) is 17.2. The summed E-state index contributed by atoms with van der Waals surface area (Å²) in [7, 11) is 0. The number of fused-ring (bicyclic) bond motifs is 1. The summed E-state index contributed by atoms with van der Waals surface area (Å²) < 4.78 is 12.0. The maximum absolute atomic E-state index is 12.9. The molecule has 2 aromatic heterocycles. The second-order valence-corrected chi connectivity index (χ2v) is 6.55. The molecule has 2 fully saturated rings. The third kappa shape index (κ3) is 3.22. The molecule has 2 aliphatic rings. The van der Waals surface area contributed by atoms with Crippen LogP contribution in [0.15, 0.2) is 42.9 Å². The second-order valence-electron chi connectivity index (χ2n) is 6.55. The number of ether oxygens (including phenoxy) is 2. The van der Waals surface area contributed by atoms with E-state index in [0.717, 1.165) is 18.4 Å². The number of likely N-dealkylation sites (tertiary alicyclic amines) is 1. The molecule has 0 aliphatic carbocycles. The van der Waals surface area contributed by atoms with Gasteiger partial charge in [0.1, 0.15) is 12.2 Å². The number of aromatic nitrogens is 2. The fraction of sp³-hybridized carbons (Fsp3) is 0.421. The molecule has 0 saturated carbocycles. The van der Waals surface area contributed by atoms with E-state index in [-0.39, 0.29) is 24.2 Å². The molecular formula is C19H21N3O3. The molecule has 4 rings (SSSR count). The van der Waals surface area contributed by atoms with Gasteiger partial charge in [-0.3, -0.25) is 9.78 Å². The van der Waals surface area contributed by atoms with Gasteiger partial charge in [-0.15, -0.1) is 0 Å². The van der Waals surface area contributed by atoms with Crippen molar-refractivity contribution in [3.05, 3.63) is 54.0 Å². The maximum atomic E-state index is 12.9. The number of hydrogen-bond donors (Lipinski definition) is 0. The lowest BCUT2D eigenvalue weighted by Crippen LogP contribution is -2.56. The Labute approximate surface area is 146 Å². The summed E-state index contributed by atoms with van der Waals surface area (Å²) >= 11 is 0. The quantitative estimate of drug-likeness (QED) is 0.858. The van der Waals surface area contributed by atoms with Gasteiger partial charge in [0.25, 0.3) is 5.91 Å². The number of piperidine rings is 1. The monoisotopic (exact) mass is 339 g/mol. The van der Waals surface area contributed by atoms with E-state index in [1.54, 1.807) is 18.6 Å². The molecule has 3 atom stereocenters. The Morgan fingerprint density at radius 2 is 2.24 bits per heavy atom. The van der Waals surface area contributed by atoms with Crippen LogP contribution in [0, 0.1) is 6.92 Å². The number of amides is 1. The normalized spacial score (nSPS) is 25.5.